The summed E-state index contributed by atoms with van der Waals surface area (Å²) in [6, 6.07) is 29.0. The van der Waals surface area contributed by atoms with Crippen molar-refractivity contribution < 1.29 is 28.7 Å². The van der Waals surface area contributed by atoms with Crippen LogP contribution in [0, 0.1) is 3.95 Å². The maximum absolute atomic E-state index is 15.0. The number of carbonyl (C=O) groups is 4. The number of hydrogen-bond acceptors (Lipinski definition) is 11. The van der Waals surface area contributed by atoms with Crippen molar-refractivity contribution in [3.05, 3.63) is 135 Å². The predicted octanol–water partition coefficient (Wildman–Crippen LogP) is 5.42. The fourth-order valence-corrected chi connectivity index (χ4v) is 6.88. The molecular formula is C39H38N6O6S2. The molecule has 2 heterocycles. The molecular weight excluding hydrogens is 713 g/mol. The number of aromatic nitrogens is 2. The number of nitrogens with zero attached hydrogens (tertiary/aromatic N) is 2. The van der Waals surface area contributed by atoms with Crippen LogP contribution >= 0.6 is 23.6 Å². The van der Waals surface area contributed by atoms with Crippen LogP contribution in [0.3, 0.4) is 0 Å². The molecule has 4 aromatic carbocycles. The number of nitrogens with one attached hydrogen (secondary N) is 3. The highest BCUT2D eigenvalue weighted by Gasteiger charge is 2.35. The molecule has 1 aliphatic heterocycles. The van der Waals surface area contributed by atoms with Crippen LogP contribution in [0.25, 0.3) is 0 Å². The number of anilines is 2. The molecule has 0 aliphatic carbocycles. The lowest BCUT2D eigenvalue weighted by molar-refractivity contribution is -0.123. The van der Waals surface area contributed by atoms with E-state index in [1.807, 2.05) is 72.8 Å². The van der Waals surface area contributed by atoms with E-state index in [4.69, 9.17) is 27.4 Å². The van der Waals surface area contributed by atoms with Gasteiger partial charge in [0.1, 0.15) is 19.0 Å². The zero-order valence-electron chi connectivity index (χ0n) is 28.7. The average Bonchev–Trinajstić information content (AvgIpc) is 3.89. The Morgan fingerprint density at radius 3 is 2.23 bits per heavy atom. The molecule has 12 nitrogen and oxygen atoms in total. The summed E-state index contributed by atoms with van der Waals surface area (Å²) in [6.45, 7) is 0.561. The molecule has 2 atom stereocenters. The van der Waals surface area contributed by atoms with E-state index in [-0.39, 0.29) is 44.8 Å². The number of Topliss-reactive ketones (excluding diaryl/α,β-unsaturated/α-hetero) is 1. The standard InChI is InChI=1S/C39H38N6O6S2/c40-22-33(46)45(38-43-44-39(52)53-38)32-15-7-13-29(37(49)51-24-27-11-5-2-6-12-27)34(32)35(47)31(42-36(48)30-14-8-20-41-30)21-25-16-18-28(19-17-25)50-23-26-9-3-1-4-10-26/h1-7,9-13,15-19,30-31,41H,8,14,20-24,40H2,(H,42,48)(H,44,52)/t30-,31-/m0/s1. The minimum Gasteiger partial charge on any atom is -0.489 e. The fraction of sp³-hybridized carbons (Fsp3) is 0.231. The van der Waals surface area contributed by atoms with Gasteiger partial charge in [-0.15, -0.1) is 5.10 Å². The number of nitrogens with two attached hydrogens (primary N) is 1. The Morgan fingerprint density at radius 2 is 1.60 bits per heavy atom. The van der Waals surface area contributed by atoms with E-state index in [1.165, 1.54) is 18.2 Å². The van der Waals surface area contributed by atoms with Crippen molar-refractivity contribution in [3.63, 3.8) is 0 Å². The first-order valence-electron chi connectivity index (χ1n) is 17.1. The lowest BCUT2D eigenvalue weighted by atomic mass is 9.92. The third kappa shape index (κ3) is 9.47. The molecule has 5 N–H and O–H groups in total. The predicted molar refractivity (Wildman–Crippen MR) is 204 cm³/mol. The summed E-state index contributed by atoms with van der Waals surface area (Å²) in [4.78, 5) is 57.1. The molecule has 14 heteroatoms. The molecule has 1 aliphatic rings. The van der Waals surface area contributed by atoms with Crippen molar-refractivity contribution in [2.75, 3.05) is 18.0 Å². The van der Waals surface area contributed by atoms with Crippen LogP contribution in [0.4, 0.5) is 10.8 Å². The van der Waals surface area contributed by atoms with E-state index in [9.17, 15) is 14.4 Å². The van der Waals surface area contributed by atoms with Crippen LogP contribution in [0.15, 0.2) is 103 Å². The Morgan fingerprint density at radius 1 is 0.906 bits per heavy atom. The number of carbonyl (C=O) groups excluding carboxylic acids is 4. The van der Waals surface area contributed by atoms with Gasteiger partial charge in [-0.05, 0) is 72.6 Å². The number of rotatable bonds is 15. The molecule has 6 rings (SSSR count). The maximum Gasteiger partial charge on any atom is 0.339 e. The molecule has 0 bridgehead atoms. The van der Waals surface area contributed by atoms with Crippen LogP contribution in [0.1, 0.15) is 50.2 Å². The molecule has 53 heavy (non-hydrogen) atoms. The minimum absolute atomic E-state index is 0.0419. The molecule has 0 unspecified atom stereocenters. The van der Waals surface area contributed by atoms with Crippen LogP contribution in [-0.2, 0) is 34.0 Å². The van der Waals surface area contributed by atoms with Gasteiger partial charge in [-0.3, -0.25) is 24.4 Å². The number of ketones is 1. The minimum atomic E-state index is -1.16. The smallest absolute Gasteiger partial charge is 0.339 e. The van der Waals surface area contributed by atoms with Crippen molar-refractivity contribution in [1.82, 2.24) is 20.8 Å². The number of ether oxygens (including phenoxy) is 2. The summed E-state index contributed by atoms with van der Waals surface area (Å²) in [7, 11) is 0. The van der Waals surface area contributed by atoms with Gasteiger partial charge in [0.05, 0.1) is 35.4 Å². The maximum atomic E-state index is 15.0. The van der Waals surface area contributed by atoms with Gasteiger partial charge < -0.3 is 25.8 Å². The van der Waals surface area contributed by atoms with Gasteiger partial charge in [0.15, 0.2) is 9.74 Å². The monoisotopic (exact) mass is 750 g/mol. The zero-order valence-corrected chi connectivity index (χ0v) is 30.3. The molecule has 272 valence electrons. The highest BCUT2D eigenvalue weighted by molar-refractivity contribution is 7.73. The van der Waals surface area contributed by atoms with Crippen molar-refractivity contribution >= 4 is 57.9 Å². The fourth-order valence-electron chi connectivity index (χ4n) is 5.97. The number of amides is 2. The van der Waals surface area contributed by atoms with E-state index < -0.39 is 36.3 Å². The molecule has 1 saturated heterocycles. The number of benzene rings is 4. The summed E-state index contributed by atoms with van der Waals surface area (Å²) < 4.78 is 11.9. The molecule has 0 saturated carbocycles. The zero-order chi connectivity index (χ0) is 37.2. The Bertz CT molecular complexity index is 2100. The van der Waals surface area contributed by atoms with Crippen molar-refractivity contribution in [2.24, 2.45) is 5.73 Å². The summed E-state index contributed by atoms with van der Waals surface area (Å²) in [5.74, 6) is -1.73. The van der Waals surface area contributed by atoms with Crippen molar-refractivity contribution in [2.45, 2.75) is 44.6 Å². The number of hydrogen-bond donors (Lipinski definition) is 4. The number of aromatic amines is 1. The van der Waals surface area contributed by atoms with E-state index >= 15 is 4.79 Å². The molecule has 2 amide bonds. The van der Waals surface area contributed by atoms with Crippen LogP contribution in [0.2, 0.25) is 0 Å². The second-order valence-corrected chi connectivity index (χ2v) is 13.9. The van der Waals surface area contributed by atoms with E-state index in [0.717, 1.165) is 39.3 Å². The number of H-pyrrole nitrogens is 1. The molecule has 5 aromatic rings. The highest BCUT2D eigenvalue weighted by Crippen LogP contribution is 2.34. The Labute approximate surface area is 315 Å². The van der Waals surface area contributed by atoms with Crippen LogP contribution in [-0.4, -0.2) is 58.9 Å². The number of esters is 1. The van der Waals surface area contributed by atoms with Gasteiger partial charge in [0.2, 0.25) is 16.9 Å². The average molecular weight is 751 g/mol. The quantitative estimate of drug-likeness (QED) is 0.0616. The summed E-state index contributed by atoms with van der Waals surface area (Å²) in [5.41, 5.74) is 8.14. The van der Waals surface area contributed by atoms with Gasteiger partial charge >= 0.3 is 5.97 Å². The first kappa shape index (κ1) is 37.2. The van der Waals surface area contributed by atoms with Gasteiger partial charge in [0.25, 0.3) is 0 Å². The lowest BCUT2D eigenvalue weighted by Gasteiger charge is -2.26. The first-order valence-corrected chi connectivity index (χ1v) is 18.3. The van der Waals surface area contributed by atoms with Gasteiger partial charge in [-0.1, -0.05) is 90.2 Å². The summed E-state index contributed by atoms with van der Waals surface area (Å²) in [5, 5.41) is 13.1. The lowest BCUT2D eigenvalue weighted by Crippen LogP contribution is -2.49. The van der Waals surface area contributed by atoms with Gasteiger partial charge in [-0.25, -0.2) is 4.79 Å². The second kappa shape index (κ2) is 17.8. The third-order valence-corrected chi connectivity index (χ3v) is 9.70. The topological polar surface area (TPSA) is 169 Å². The van der Waals surface area contributed by atoms with Gasteiger partial charge in [-0.2, -0.15) is 0 Å². The van der Waals surface area contributed by atoms with Crippen molar-refractivity contribution in [3.8, 4) is 5.75 Å². The Hall–Kier alpha value is -5.54. The van der Waals surface area contributed by atoms with Crippen molar-refractivity contribution in [1.29, 1.82) is 0 Å². The second-order valence-electron chi connectivity index (χ2n) is 12.3. The molecule has 0 spiro atoms. The highest BCUT2D eigenvalue weighted by atomic mass is 32.1. The Kier molecular flexibility index (Phi) is 12.5. The molecule has 1 fully saturated rings. The SMILES string of the molecule is NCC(=O)N(c1n[nH]c(=S)s1)c1cccc(C(=O)OCc2ccccc2)c1C(=O)[C@H](Cc1ccc(OCc2ccccc2)cc1)NC(=O)[C@@H]1CCCN1. The Balaban J connectivity index is 1.38. The van der Waals surface area contributed by atoms with Crippen LogP contribution < -0.4 is 26.0 Å². The largest absolute Gasteiger partial charge is 0.489 e. The first-order chi connectivity index (χ1) is 25.8. The normalized spacial score (nSPS) is 14.2. The van der Waals surface area contributed by atoms with E-state index in [1.54, 1.807) is 12.1 Å². The molecule has 0 radical (unpaired) electrons. The summed E-state index contributed by atoms with van der Waals surface area (Å²) in [6.07, 6.45) is 1.49. The van der Waals surface area contributed by atoms with E-state index in [2.05, 4.69) is 20.8 Å². The third-order valence-electron chi connectivity index (χ3n) is 8.63. The van der Waals surface area contributed by atoms with Gasteiger partial charge in [0, 0.05) is 6.42 Å². The summed E-state index contributed by atoms with van der Waals surface area (Å²) >= 11 is 6.25. The van der Waals surface area contributed by atoms with E-state index in [0.29, 0.717) is 25.3 Å². The van der Waals surface area contributed by atoms with Crippen LogP contribution in [0.5, 0.6) is 5.75 Å². The molecule has 1 aromatic heterocycles.